The minimum Gasteiger partial charge on any atom is -0.373 e. The molecule has 0 saturated carbocycles. The predicted molar refractivity (Wildman–Crippen MR) is 74.2 cm³/mol. The Morgan fingerprint density at radius 2 is 2.25 bits per heavy atom. The van der Waals surface area contributed by atoms with Gasteiger partial charge >= 0.3 is 0 Å². The number of non-ortho nitro benzene ring substituents is 1. The van der Waals surface area contributed by atoms with Gasteiger partial charge in [-0.3, -0.25) is 14.9 Å². The van der Waals surface area contributed by atoms with Crippen molar-refractivity contribution in [3.05, 3.63) is 33.9 Å². The van der Waals surface area contributed by atoms with Crippen LogP contribution in [0.5, 0.6) is 0 Å². The average molecular weight is 276 g/mol. The fourth-order valence-corrected chi connectivity index (χ4v) is 1.65. The van der Waals surface area contributed by atoms with Gasteiger partial charge in [-0.25, -0.2) is 0 Å². The molecule has 0 aliphatic heterocycles. The van der Waals surface area contributed by atoms with Gasteiger partial charge in [-0.1, -0.05) is 0 Å². The third-order valence-electron chi connectivity index (χ3n) is 2.93. The third kappa shape index (κ3) is 3.45. The van der Waals surface area contributed by atoms with E-state index < -0.39 is 11.0 Å². The highest BCUT2D eigenvalue weighted by molar-refractivity contribution is 5.84. The summed E-state index contributed by atoms with van der Waals surface area (Å²) in [7, 11) is 1.68. The van der Waals surface area contributed by atoms with E-state index in [0.717, 1.165) is 0 Å². The molecule has 0 heterocycles. The first kappa shape index (κ1) is 15.4. The summed E-state index contributed by atoms with van der Waals surface area (Å²) in [6.07, 6.45) is 0. The molecule has 1 aromatic carbocycles. The van der Waals surface area contributed by atoms with Crippen LogP contribution in [0.25, 0.3) is 0 Å². The van der Waals surface area contributed by atoms with Crippen molar-refractivity contribution in [2.45, 2.75) is 19.9 Å². The summed E-state index contributed by atoms with van der Waals surface area (Å²) >= 11 is 0. The lowest BCUT2D eigenvalue weighted by Gasteiger charge is -2.21. The van der Waals surface area contributed by atoms with Gasteiger partial charge in [0.1, 0.15) is 12.1 Å². The third-order valence-corrected chi connectivity index (χ3v) is 2.93. The fraction of sp³-hybridized carbons (Fsp3) is 0.385. The van der Waals surface area contributed by atoms with Gasteiger partial charge in [-0.05, 0) is 19.9 Å². The van der Waals surface area contributed by atoms with Crippen molar-refractivity contribution in [1.82, 2.24) is 4.90 Å². The molecule has 0 aliphatic rings. The maximum absolute atomic E-state index is 11.9. The van der Waals surface area contributed by atoms with Crippen LogP contribution in [-0.2, 0) is 4.79 Å². The van der Waals surface area contributed by atoms with Crippen LogP contribution in [0.1, 0.15) is 19.4 Å². The molecule has 0 fully saturated rings. The van der Waals surface area contributed by atoms with Crippen LogP contribution in [0.15, 0.2) is 18.2 Å². The van der Waals surface area contributed by atoms with Crippen LogP contribution in [0.4, 0.5) is 11.4 Å². The van der Waals surface area contributed by atoms with Crippen molar-refractivity contribution in [3.63, 3.8) is 0 Å². The van der Waals surface area contributed by atoms with Gasteiger partial charge in [0.2, 0.25) is 5.91 Å². The molecule has 1 atom stereocenters. The van der Waals surface area contributed by atoms with Crippen LogP contribution in [-0.4, -0.2) is 35.4 Å². The Bertz CT molecular complexity index is 565. The predicted octanol–water partition coefficient (Wildman–Crippen LogP) is 1.75. The average Bonchev–Trinajstić information content (AvgIpc) is 2.45. The van der Waals surface area contributed by atoms with Crippen molar-refractivity contribution in [2.24, 2.45) is 0 Å². The summed E-state index contributed by atoms with van der Waals surface area (Å²) in [4.78, 5) is 23.6. The van der Waals surface area contributed by atoms with Gasteiger partial charge in [-0.2, -0.15) is 5.26 Å². The lowest BCUT2D eigenvalue weighted by atomic mass is 10.1. The highest BCUT2D eigenvalue weighted by atomic mass is 16.6. The standard InChI is InChI=1S/C13H16N4O3/c1-4-16(3)13(18)9(2)15-12-6-5-11(17(19)20)7-10(12)8-14/h5-7,9,15H,4H2,1-3H3. The number of hydrogen-bond donors (Lipinski definition) is 1. The zero-order valence-electron chi connectivity index (χ0n) is 11.6. The van der Waals surface area contributed by atoms with Crippen molar-refractivity contribution in [1.29, 1.82) is 5.26 Å². The van der Waals surface area contributed by atoms with Gasteiger partial charge in [0.15, 0.2) is 0 Å². The molecule has 0 spiro atoms. The summed E-state index contributed by atoms with van der Waals surface area (Å²) in [6, 6.07) is 5.28. The number of nitro groups is 1. The van der Waals surface area contributed by atoms with E-state index in [-0.39, 0.29) is 17.2 Å². The number of rotatable bonds is 5. The topological polar surface area (TPSA) is 99.3 Å². The Balaban J connectivity index is 2.96. The van der Waals surface area contributed by atoms with E-state index in [1.165, 1.54) is 18.2 Å². The molecule has 1 N–H and O–H groups in total. The number of carbonyl (C=O) groups is 1. The molecule has 1 aromatic rings. The van der Waals surface area contributed by atoms with Crippen LogP contribution >= 0.6 is 0 Å². The minimum absolute atomic E-state index is 0.116. The zero-order valence-corrected chi connectivity index (χ0v) is 11.6. The minimum atomic E-state index is -0.565. The molecule has 0 bridgehead atoms. The first-order chi connectivity index (χ1) is 9.40. The van der Waals surface area contributed by atoms with E-state index in [9.17, 15) is 14.9 Å². The lowest BCUT2D eigenvalue weighted by Crippen LogP contribution is -2.38. The number of amides is 1. The SMILES string of the molecule is CCN(C)C(=O)C(C)Nc1ccc([N+](=O)[O-])cc1C#N. The molecule has 0 radical (unpaired) electrons. The smallest absolute Gasteiger partial charge is 0.270 e. The first-order valence-electron chi connectivity index (χ1n) is 6.10. The number of nitriles is 1. The second kappa shape index (κ2) is 6.52. The summed E-state index contributed by atoms with van der Waals surface area (Å²) in [6.45, 7) is 4.12. The summed E-state index contributed by atoms with van der Waals surface area (Å²) in [5, 5.41) is 22.6. The quantitative estimate of drug-likeness (QED) is 0.652. The molecular weight excluding hydrogens is 260 g/mol. The highest BCUT2D eigenvalue weighted by Crippen LogP contribution is 2.22. The van der Waals surface area contributed by atoms with Gasteiger partial charge < -0.3 is 10.2 Å². The van der Waals surface area contributed by atoms with Gasteiger partial charge in [0.25, 0.3) is 5.69 Å². The molecule has 7 heteroatoms. The largest absolute Gasteiger partial charge is 0.373 e. The van der Waals surface area contributed by atoms with Gasteiger partial charge in [0, 0.05) is 25.7 Å². The Kier molecular flexibility index (Phi) is 5.03. The van der Waals surface area contributed by atoms with Crippen LogP contribution in [0.3, 0.4) is 0 Å². The van der Waals surface area contributed by atoms with E-state index in [4.69, 9.17) is 5.26 Å². The number of anilines is 1. The number of nitrogens with zero attached hydrogens (tertiary/aromatic N) is 3. The maximum atomic E-state index is 11.9. The zero-order chi connectivity index (χ0) is 15.3. The molecule has 0 aromatic heterocycles. The Hall–Kier alpha value is -2.62. The molecule has 20 heavy (non-hydrogen) atoms. The Labute approximate surface area is 117 Å². The highest BCUT2D eigenvalue weighted by Gasteiger charge is 2.18. The molecular formula is C13H16N4O3. The van der Waals surface area contributed by atoms with Crippen LogP contribution in [0, 0.1) is 21.4 Å². The number of benzene rings is 1. The molecule has 7 nitrogen and oxygen atoms in total. The van der Waals surface area contributed by atoms with Crippen molar-refractivity contribution < 1.29 is 9.72 Å². The number of likely N-dealkylation sites (N-methyl/N-ethyl adjacent to an activating group) is 1. The van der Waals surface area contributed by atoms with E-state index in [1.54, 1.807) is 18.9 Å². The number of nitro benzene ring substituents is 1. The van der Waals surface area contributed by atoms with E-state index >= 15 is 0 Å². The maximum Gasteiger partial charge on any atom is 0.270 e. The summed E-state index contributed by atoms with van der Waals surface area (Å²) < 4.78 is 0. The second-order valence-electron chi connectivity index (χ2n) is 4.32. The second-order valence-corrected chi connectivity index (χ2v) is 4.32. The fourth-order valence-electron chi connectivity index (χ4n) is 1.65. The molecule has 1 rings (SSSR count). The summed E-state index contributed by atoms with van der Waals surface area (Å²) in [5.74, 6) is -0.116. The Morgan fingerprint density at radius 1 is 1.60 bits per heavy atom. The molecule has 1 amide bonds. The number of carbonyl (C=O) groups excluding carboxylic acids is 1. The number of hydrogen-bond acceptors (Lipinski definition) is 5. The van der Waals surface area contributed by atoms with Crippen molar-refractivity contribution >= 4 is 17.3 Å². The first-order valence-corrected chi connectivity index (χ1v) is 6.10. The van der Waals surface area contributed by atoms with Crippen molar-refractivity contribution in [3.8, 4) is 6.07 Å². The number of nitrogens with one attached hydrogen (secondary N) is 1. The van der Waals surface area contributed by atoms with Crippen molar-refractivity contribution in [2.75, 3.05) is 18.9 Å². The lowest BCUT2D eigenvalue weighted by molar-refractivity contribution is -0.384. The van der Waals surface area contributed by atoms with Gasteiger partial charge in [-0.15, -0.1) is 0 Å². The molecule has 0 saturated heterocycles. The van der Waals surface area contributed by atoms with E-state index in [1.807, 2.05) is 13.0 Å². The normalized spacial score (nSPS) is 11.3. The molecule has 0 aliphatic carbocycles. The van der Waals surface area contributed by atoms with Crippen LogP contribution < -0.4 is 5.32 Å². The Morgan fingerprint density at radius 3 is 2.75 bits per heavy atom. The van der Waals surface area contributed by atoms with Gasteiger partial charge in [0.05, 0.1) is 16.2 Å². The van der Waals surface area contributed by atoms with Crippen LogP contribution in [0.2, 0.25) is 0 Å². The molecule has 1 unspecified atom stereocenters. The van der Waals surface area contributed by atoms with E-state index in [0.29, 0.717) is 12.2 Å². The summed E-state index contributed by atoms with van der Waals surface area (Å²) in [5.41, 5.74) is 0.387. The monoisotopic (exact) mass is 276 g/mol. The molecule has 106 valence electrons. The van der Waals surface area contributed by atoms with E-state index in [2.05, 4.69) is 5.32 Å².